The second-order valence-electron chi connectivity index (χ2n) is 7.68. The molecule has 1 aliphatic carbocycles. The summed E-state index contributed by atoms with van der Waals surface area (Å²) in [6.45, 7) is 0. The van der Waals surface area contributed by atoms with Crippen molar-refractivity contribution in [1.82, 2.24) is 0 Å². The van der Waals surface area contributed by atoms with Gasteiger partial charge in [-0.1, -0.05) is 78.9 Å². The fraction of sp³-hybridized carbons (Fsp3) is 0.200. The Morgan fingerprint density at radius 3 is 2.20 bits per heavy atom. The molecular weight excluding hydrogens is 380 g/mol. The third kappa shape index (κ3) is 2.21. The van der Waals surface area contributed by atoms with Crippen molar-refractivity contribution in [1.29, 1.82) is 0 Å². The molecule has 0 radical (unpaired) electrons. The Morgan fingerprint density at radius 1 is 0.933 bits per heavy atom. The Kier molecular flexibility index (Phi) is 4.05. The number of para-hydroxylation sites is 1. The Labute approximate surface area is 173 Å². The number of esters is 1. The van der Waals surface area contributed by atoms with Crippen molar-refractivity contribution in [3.05, 3.63) is 102 Å². The molecule has 1 N–H and O–H groups in total. The molecule has 30 heavy (non-hydrogen) atoms. The molecule has 1 unspecified atom stereocenters. The molecule has 0 saturated heterocycles. The number of Topliss-reactive ketones (excluding diaryl/α,β-unsaturated/α-hetero) is 1. The molecular formula is C25H20O5. The van der Waals surface area contributed by atoms with Gasteiger partial charge in [0.1, 0.15) is 11.7 Å². The van der Waals surface area contributed by atoms with Gasteiger partial charge in [0.15, 0.2) is 5.60 Å². The largest absolute Gasteiger partial charge is 0.473 e. The first kappa shape index (κ1) is 18.6. The second-order valence-corrected chi connectivity index (χ2v) is 7.68. The van der Waals surface area contributed by atoms with Crippen LogP contribution in [0, 0.1) is 5.92 Å². The number of methoxy groups -OCH3 is 1. The van der Waals surface area contributed by atoms with E-state index in [1.165, 1.54) is 7.11 Å². The summed E-state index contributed by atoms with van der Waals surface area (Å²) in [5, 5.41) is 11.9. The van der Waals surface area contributed by atoms with Gasteiger partial charge >= 0.3 is 5.97 Å². The molecule has 0 aromatic heterocycles. The van der Waals surface area contributed by atoms with E-state index in [0.29, 0.717) is 16.9 Å². The second kappa shape index (κ2) is 6.54. The highest BCUT2D eigenvalue weighted by molar-refractivity contribution is 6.06. The highest BCUT2D eigenvalue weighted by Gasteiger charge is 2.76. The van der Waals surface area contributed by atoms with E-state index in [-0.39, 0.29) is 5.56 Å². The lowest BCUT2D eigenvalue weighted by molar-refractivity contribution is -0.162. The Bertz CT molecular complexity index is 1130. The van der Waals surface area contributed by atoms with E-state index >= 15 is 0 Å². The standard InChI is InChI=1S/C25H20O5/c1-29-22(26)21-20(16-10-4-2-5-11-16)25(17-12-6-3-7-13-17)23(27)24(21,28)18-14-8-9-15-19(18)30-25/h2-15,20-21,28H,1H3/t20-,21+,24+,25?/m1/s1. The minimum absolute atomic E-state index is 0.287. The van der Waals surface area contributed by atoms with Crippen molar-refractivity contribution < 1.29 is 24.2 Å². The number of hydrogen-bond donors (Lipinski definition) is 1. The summed E-state index contributed by atoms with van der Waals surface area (Å²) in [6, 6.07) is 25.1. The van der Waals surface area contributed by atoms with Gasteiger partial charge in [0, 0.05) is 11.1 Å². The summed E-state index contributed by atoms with van der Waals surface area (Å²) in [4.78, 5) is 27.1. The molecule has 5 heteroatoms. The van der Waals surface area contributed by atoms with Crippen LogP contribution in [-0.2, 0) is 25.5 Å². The monoisotopic (exact) mass is 400 g/mol. The van der Waals surface area contributed by atoms with Crippen LogP contribution in [0.1, 0.15) is 22.6 Å². The van der Waals surface area contributed by atoms with Crippen LogP contribution in [0.2, 0.25) is 0 Å². The fourth-order valence-corrected chi connectivity index (χ4v) is 5.06. The van der Waals surface area contributed by atoms with Gasteiger partial charge in [-0.2, -0.15) is 0 Å². The Hall–Kier alpha value is -3.44. The average molecular weight is 400 g/mol. The maximum absolute atomic E-state index is 14.0. The molecule has 1 fully saturated rings. The van der Waals surface area contributed by atoms with Crippen LogP contribution in [0.15, 0.2) is 84.9 Å². The van der Waals surface area contributed by atoms with E-state index in [2.05, 4.69) is 0 Å². The smallest absolute Gasteiger partial charge is 0.313 e. The third-order valence-corrected chi connectivity index (χ3v) is 6.29. The van der Waals surface area contributed by atoms with Crippen LogP contribution in [0.25, 0.3) is 0 Å². The minimum atomic E-state index is -2.07. The number of rotatable bonds is 3. The maximum Gasteiger partial charge on any atom is 0.313 e. The minimum Gasteiger partial charge on any atom is -0.473 e. The van der Waals surface area contributed by atoms with E-state index in [1.54, 1.807) is 36.4 Å². The summed E-state index contributed by atoms with van der Waals surface area (Å²) < 4.78 is 11.5. The summed E-state index contributed by atoms with van der Waals surface area (Å²) in [6.07, 6.45) is 0. The molecule has 5 rings (SSSR count). The van der Waals surface area contributed by atoms with E-state index in [0.717, 1.165) is 0 Å². The zero-order valence-corrected chi connectivity index (χ0v) is 16.3. The number of carbonyl (C=O) groups excluding carboxylic acids is 2. The molecule has 3 aromatic carbocycles. The molecule has 5 nitrogen and oxygen atoms in total. The van der Waals surface area contributed by atoms with Crippen LogP contribution < -0.4 is 4.74 Å². The molecule has 3 aromatic rings. The van der Waals surface area contributed by atoms with Crippen molar-refractivity contribution >= 4 is 11.8 Å². The van der Waals surface area contributed by atoms with Gasteiger partial charge in [0.2, 0.25) is 11.4 Å². The van der Waals surface area contributed by atoms with Crippen molar-refractivity contribution in [2.24, 2.45) is 5.92 Å². The van der Waals surface area contributed by atoms with E-state index in [1.807, 2.05) is 48.5 Å². The number of aliphatic hydroxyl groups is 1. The highest BCUT2D eigenvalue weighted by atomic mass is 16.5. The lowest BCUT2D eigenvalue weighted by atomic mass is 9.75. The van der Waals surface area contributed by atoms with Crippen LogP contribution in [0.5, 0.6) is 5.75 Å². The zero-order valence-electron chi connectivity index (χ0n) is 16.3. The van der Waals surface area contributed by atoms with Crippen LogP contribution in [0.3, 0.4) is 0 Å². The highest BCUT2D eigenvalue weighted by Crippen LogP contribution is 2.64. The third-order valence-electron chi connectivity index (χ3n) is 6.29. The number of ketones is 1. The number of hydrogen-bond acceptors (Lipinski definition) is 5. The Morgan fingerprint density at radius 2 is 1.53 bits per heavy atom. The van der Waals surface area contributed by atoms with Crippen molar-refractivity contribution in [2.45, 2.75) is 17.1 Å². The Balaban J connectivity index is 1.89. The van der Waals surface area contributed by atoms with Crippen molar-refractivity contribution in [3.8, 4) is 5.75 Å². The van der Waals surface area contributed by atoms with Gasteiger partial charge in [0.25, 0.3) is 0 Å². The fourth-order valence-electron chi connectivity index (χ4n) is 5.06. The van der Waals surface area contributed by atoms with Gasteiger partial charge in [0.05, 0.1) is 13.0 Å². The molecule has 0 spiro atoms. The van der Waals surface area contributed by atoms with Gasteiger partial charge in [-0.3, -0.25) is 9.59 Å². The van der Waals surface area contributed by atoms with Crippen molar-refractivity contribution in [3.63, 3.8) is 0 Å². The average Bonchev–Trinajstić information content (AvgIpc) is 2.93. The topological polar surface area (TPSA) is 72.8 Å². The molecule has 150 valence electrons. The first-order valence-corrected chi connectivity index (χ1v) is 9.79. The van der Waals surface area contributed by atoms with E-state index in [9.17, 15) is 14.7 Å². The number of carbonyl (C=O) groups is 2. The summed E-state index contributed by atoms with van der Waals surface area (Å²) in [5.41, 5.74) is -2.05. The van der Waals surface area contributed by atoms with Gasteiger partial charge in [-0.25, -0.2) is 0 Å². The summed E-state index contributed by atoms with van der Waals surface area (Å²) >= 11 is 0. The zero-order chi connectivity index (χ0) is 20.9. The predicted octanol–water partition coefficient (Wildman–Crippen LogP) is 3.32. The van der Waals surface area contributed by atoms with Crippen LogP contribution in [0.4, 0.5) is 0 Å². The van der Waals surface area contributed by atoms with Crippen LogP contribution >= 0.6 is 0 Å². The number of benzene rings is 3. The van der Waals surface area contributed by atoms with Gasteiger partial charge in [-0.05, 0) is 11.6 Å². The molecule has 1 saturated carbocycles. The molecule has 0 amide bonds. The molecule has 4 atom stereocenters. The lowest BCUT2D eigenvalue weighted by Gasteiger charge is -2.39. The molecule has 2 aliphatic rings. The van der Waals surface area contributed by atoms with Gasteiger partial charge < -0.3 is 14.6 Å². The SMILES string of the molecule is COC(=O)[C@@H]1[C@@H](c2ccccc2)C2(c3ccccc3)Oc3ccccc3[C@@]1(O)C2=O. The van der Waals surface area contributed by atoms with Crippen molar-refractivity contribution in [2.75, 3.05) is 7.11 Å². The van der Waals surface area contributed by atoms with Crippen LogP contribution in [-0.4, -0.2) is 24.0 Å². The first-order chi connectivity index (χ1) is 14.5. The van der Waals surface area contributed by atoms with E-state index < -0.39 is 34.8 Å². The molecule has 1 heterocycles. The molecule has 2 bridgehead atoms. The predicted molar refractivity (Wildman–Crippen MR) is 109 cm³/mol. The summed E-state index contributed by atoms with van der Waals surface area (Å²) in [5.74, 6) is -2.77. The number of ether oxygens (including phenoxy) is 2. The first-order valence-electron chi connectivity index (χ1n) is 9.79. The normalized spacial score (nSPS) is 29.1. The number of fused-ring (bicyclic) bond motifs is 4. The van der Waals surface area contributed by atoms with Gasteiger partial charge in [-0.15, -0.1) is 0 Å². The van der Waals surface area contributed by atoms with E-state index in [4.69, 9.17) is 9.47 Å². The molecule has 1 aliphatic heterocycles. The quantitative estimate of drug-likeness (QED) is 0.683. The summed E-state index contributed by atoms with van der Waals surface area (Å²) in [7, 11) is 1.27. The lowest BCUT2D eigenvalue weighted by Crippen LogP contribution is -2.51. The maximum atomic E-state index is 14.0.